The number of hydrogen-bond acceptors (Lipinski definition) is 3. The van der Waals surface area contributed by atoms with Crippen molar-refractivity contribution in [1.82, 2.24) is 4.98 Å². The molecule has 0 bridgehead atoms. The van der Waals surface area contributed by atoms with Crippen molar-refractivity contribution in [3.05, 3.63) is 59.5 Å². The highest BCUT2D eigenvalue weighted by Crippen LogP contribution is 2.23. The number of ether oxygens (including phenoxy) is 1. The van der Waals surface area contributed by atoms with E-state index in [1.807, 2.05) is 0 Å². The van der Waals surface area contributed by atoms with Crippen molar-refractivity contribution in [2.24, 2.45) is 0 Å². The fourth-order valence-electron chi connectivity index (χ4n) is 2.00. The maximum Gasteiger partial charge on any atom is 0.311 e. The SMILES string of the molecule is COc1cc(C(Cc2cccc(F)c2)C(=O)O)ccn1. The van der Waals surface area contributed by atoms with E-state index >= 15 is 0 Å². The minimum Gasteiger partial charge on any atom is -0.481 e. The summed E-state index contributed by atoms with van der Waals surface area (Å²) in [6.45, 7) is 0. The molecule has 4 nitrogen and oxygen atoms in total. The number of halogens is 1. The van der Waals surface area contributed by atoms with E-state index in [0.717, 1.165) is 0 Å². The third-order valence-corrected chi connectivity index (χ3v) is 3.00. The predicted octanol–water partition coefficient (Wildman–Crippen LogP) is 2.64. The van der Waals surface area contributed by atoms with Crippen LogP contribution in [0.4, 0.5) is 4.39 Å². The molecule has 0 fully saturated rings. The van der Waals surface area contributed by atoms with E-state index in [2.05, 4.69) is 4.98 Å². The molecular formula is C15H14FNO3. The molecule has 1 N–H and O–H groups in total. The van der Waals surface area contributed by atoms with Gasteiger partial charge in [-0.15, -0.1) is 0 Å². The van der Waals surface area contributed by atoms with Crippen LogP contribution in [0.15, 0.2) is 42.6 Å². The number of hydrogen-bond donors (Lipinski definition) is 1. The van der Waals surface area contributed by atoms with Crippen LogP contribution in [0.25, 0.3) is 0 Å². The number of carboxylic acids is 1. The lowest BCUT2D eigenvalue weighted by atomic mass is 9.92. The molecule has 0 aliphatic rings. The number of nitrogens with zero attached hydrogens (tertiary/aromatic N) is 1. The van der Waals surface area contributed by atoms with Gasteiger partial charge in [-0.05, 0) is 35.7 Å². The number of rotatable bonds is 5. The highest BCUT2D eigenvalue weighted by molar-refractivity contribution is 5.76. The van der Waals surface area contributed by atoms with E-state index in [0.29, 0.717) is 17.0 Å². The third kappa shape index (κ3) is 3.32. The van der Waals surface area contributed by atoms with Gasteiger partial charge in [0.25, 0.3) is 0 Å². The second-order valence-electron chi connectivity index (χ2n) is 4.36. The van der Waals surface area contributed by atoms with Gasteiger partial charge in [-0.25, -0.2) is 9.37 Å². The number of aromatic nitrogens is 1. The first-order valence-electron chi connectivity index (χ1n) is 6.07. The second-order valence-corrected chi connectivity index (χ2v) is 4.36. The van der Waals surface area contributed by atoms with E-state index in [9.17, 15) is 14.3 Å². The maximum absolute atomic E-state index is 13.2. The van der Waals surface area contributed by atoms with Gasteiger partial charge in [-0.2, -0.15) is 0 Å². The largest absolute Gasteiger partial charge is 0.481 e. The van der Waals surface area contributed by atoms with Crippen LogP contribution in [0.2, 0.25) is 0 Å². The highest BCUT2D eigenvalue weighted by atomic mass is 19.1. The van der Waals surface area contributed by atoms with Gasteiger partial charge < -0.3 is 9.84 Å². The zero-order valence-electron chi connectivity index (χ0n) is 10.9. The Labute approximate surface area is 115 Å². The molecule has 0 saturated carbocycles. The Kier molecular flexibility index (Phi) is 4.30. The summed E-state index contributed by atoms with van der Waals surface area (Å²) < 4.78 is 18.2. The normalized spacial score (nSPS) is 11.9. The summed E-state index contributed by atoms with van der Waals surface area (Å²) >= 11 is 0. The summed E-state index contributed by atoms with van der Waals surface area (Å²) in [7, 11) is 1.47. The quantitative estimate of drug-likeness (QED) is 0.911. The fourth-order valence-corrected chi connectivity index (χ4v) is 2.00. The van der Waals surface area contributed by atoms with Crippen molar-refractivity contribution in [2.75, 3.05) is 7.11 Å². The Balaban J connectivity index is 2.29. The molecule has 1 aromatic carbocycles. The molecule has 5 heteroatoms. The average Bonchev–Trinajstić information content (AvgIpc) is 2.44. The lowest BCUT2D eigenvalue weighted by Crippen LogP contribution is -2.14. The molecule has 0 radical (unpaired) electrons. The van der Waals surface area contributed by atoms with Crippen molar-refractivity contribution in [1.29, 1.82) is 0 Å². The Morgan fingerprint density at radius 2 is 2.20 bits per heavy atom. The van der Waals surface area contributed by atoms with Crippen molar-refractivity contribution < 1.29 is 19.0 Å². The Bertz CT molecular complexity index is 616. The summed E-state index contributed by atoms with van der Waals surface area (Å²) in [5, 5.41) is 9.37. The van der Waals surface area contributed by atoms with Gasteiger partial charge in [0.2, 0.25) is 5.88 Å². The molecule has 0 aliphatic heterocycles. The summed E-state index contributed by atoms with van der Waals surface area (Å²) in [6.07, 6.45) is 1.70. The molecule has 20 heavy (non-hydrogen) atoms. The van der Waals surface area contributed by atoms with Gasteiger partial charge in [0.1, 0.15) is 5.82 Å². The summed E-state index contributed by atoms with van der Waals surface area (Å²) in [4.78, 5) is 15.4. The summed E-state index contributed by atoms with van der Waals surface area (Å²) in [5.74, 6) is -1.76. The molecule has 1 atom stereocenters. The molecule has 1 heterocycles. The Morgan fingerprint density at radius 3 is 2.85 bits per heavy atom. The third-order valence-electron chi connectivity index (χ3n) is 3.00. The number of benzene rings is 1. The van der Waals surface area contributed by atoms with E-state index in [1.54, 1.807) is 24.3 Å². The molecule has 104 valence electrons. The van der Waals surface area contributed by atoms with Crippen LogP contribution in [0.5, 0.6) is 5.88 Å². The molecule has 1 aromatic heterocycles. The zero-order chi connectivity index (χ0) is 14.5. The van der Waals surface area contributed by atoms with Crippen LogP contribution in [-0.4, -0.2) is 23.2 Å². The van der Waals surface area contributed by atoms with Crippen LogP contribution >= 0.6 is 0 Å². The molecule has 0 saturated heterocycles. The number of methoxy groups -OCH3 is 1. The standard InChI is InChI=1S/C15H14FNO3/c1-20-14-9-11(5-6-17-14)13(15(18)19)8-10-3-2-4-12(16)7-10/h2-7,9,13H,8H2,1H3,(H,18,19). The Hall–Kier alpha value is -2.43. The molecule has 0 spiro atoms. The summed E-state index contributed by atoms with van der Waals surface area (Å²) in [6, 6.07) is 9.15. The first kappa shape index (κ1) is 14.0. The average molecular weight is 275 g/mol. The number of aliphatic carboxylic acids is 1. The number of carboxylic acid groups (broad SMARTS) is 1. The van der Waals surface area contributed by atoms with Gasteiger partial charge in [-0.3, -0.25) is 4.79 Å². The van der Waals surface area contributed by atoms with E-state index < -0.39 is 11.9 Å². The van der Waals surface area contributed by atoms with Crippen LogP contribution in [0.1, 0.15) is 17.0 Å². The predicted molar refractivity (Wildman–Crippen MR) is 71.3 cm³/mol. The first-order chi connectivity index (χ1) is 9.60. The second kappa shape index (κ2) is 6.14. The lowest BCUT2D eigenvalue weighted by Gasteiger charge is -2.13. The van der Waals surface area contributed by atoms with E-state index in [-0.39, 0.29) is 12.2 Å². The van der Waals surface area contributed by atoms with Crippen LogP contribution in [0.3, 0.4) is 0 Å². The van der Waals surface area contributed by atoms with Crippen LogP contribution < -0.4 is 4.74 Å². The minimum absolute atomic E-state index is 0.209. The first-order valence-corrected chi connectivity index (χ1v) is 6.07. The van der Waals surface area contributed by atoms with E-state index in [1.165, 1.54) is 25.4 Å². The Morgan fingerprint density at radius 1 is 1.40 bits per heavy atom. The van der Waals surface area contributed by atoms with Gasteiger partial charge in [-0.1, -0.05) is 12.1 Å². The zero-order valence-corrected chi connectivity index (χ0v) is 10.9. The van der Waals surface area contributed by atoms with Crippen LogP contribution in [-0.2, 0) is 11.2 Å². The molecule has 0 aliphatic carbocycles. The van der Waals surface area contributed by atoms with Crippen molar-refractivity contribution in [3.63, 3.8) is 0 Å². The van der Waals surface area contributed by atoms with Crippen molar-refractivity contribution in [3.8, 4) is 5.88 Å². The lowest BCUT2D eigenvalue weighted by molar-refractivity contribution is -0.138. The monoisotopic (exact) mass is 275 g/mol. The topological polar surface area (TPSA) is 59.4 Å². The number of carbonyl (C=O) groups is 1. The fraction of sp³-hybridized carbons (Fsp3) is 0.200. The summed E-state index contributed by atoms with van der Waals surface area (Å²) in [5.41, 5.74) is 1.21. The van der Waals surface area contributed by atoms with E-state index in [4.69, 9.17) is 4.74 Å². The molecular weight excluding hydrogens is 261 g/mol. The van der Waals surface area contributed by atoms with Gasteiger partial charge in [0.05, 0.1) is 13.0 Å². The molecule has 0 amide bonds. The van der Waals surface area contributed by atoms with Gasteiger partial charge >= 0.3 is 5.97 Å². The van der Waals surface area contributed by atoms with Crippen molar-refractivity contribution >= 4 is 5.97 Å². The minimum atomic E-state index is -0.970. The van der Waals surface area contributed by atoms with Crippen LogP contribution in [0, 0.1) is 5.82 Å². The smallest absolute Gasteiger partial charge is 0.311 e. The van der Waals surface area contributed by atoms with Gasteiger partial charge in [0.15, 0.2) is 0 Å². The van der Waals surface area contributed by atoms with Crippen molar-refractivity contribution in [2.45, 2.75) is 12.3 Å². The molecule has 2 aromatic rings. The molecule has 1 unspecified atom stereocenters. The van der Waals surface area contributed by atoms with Gasteiger partial charge in [0, 0.05) is 12.3 Å². The maximum atomic E-state index is 13.2. The molecule has 2 rings (SSSR count). The highest BCUT2D eigenvalue weighted by Gasteiger charge is 2.21. The number of pyridine rings is 1.